The summed E-state index contributed by atoms with van der Waals surface area (Å²) < 4.78 is 5.70. The SMILES string of the molecule is CCCNC(C)c1nnc(N(C)c2ccccc2)o1. The smallest absolute Gasteiger partial charge is 0.322 e. The molecule has 0 radical (unpaired) electrons. The minimum atomic E-state index is 0.0744. The van der Waals surface area contributed by atoms with E-state index in [0.29, 0.717) is 11.9 Å². The highest BCUT2D eigenvalue weighted by Gasteiger charge is 2.16. The molecule has 1 aromatic carbocycles. The lowest BCUT2D eigenvalue weighted by molar-refractivity contribution is 0.420. The molecule has 0 amide bonds. The predicted molar refractivity (Wildman–Crippen MR) is 75.5 cm³/mol. The van der Waals surface area contributed by atoms with Gasteiger partial charge in [0.1, 0.15) is 0 Å². The Bertz CT molecular complexity index is 497. The standard InChI is InChI=1S/C14H20N4O/c1-4-10-15-11(2)13-16-17-14(19-13)18(3)12-8-6-5-7-9-12/h5-9,11,15H,4,10H2,1-3H3. The molecule has 0 aliphatic heterocycles. The van der Waals surface area contributed by atoms with Crippen LogP contribution in [-0.4, -0.2) is 23.8 Å². The third kappa shape index (κ3) is 3.32. The normalized spacial score (nSPS) is 12.4. The van der Waals surface area contributed by atoms with Gasteiger partial charge >= 0.3 is 6.01 Å². The van der Waals surface area contributed by atoms with E-state index in [4.69, 9.17) is 4.42 Å². The molecule has 1 atom stereocenters. The lowest BCUT2D eigenvalue weighted by Gasteiger charge is -2.13. The second-order valence-corrected chi connectivity index (χ2v) is 4.49. The Balaban J connectivity index is 2.08. The van der Waals surface area contributed by atoms with Gasteiger partial charge in [0.05, 0.1) is 6.04 Å². The number of aromatic nitrogens is 2. The summed E-state index contributed by atoms with van der Waals surface area (Å²) in [5.74, 6) is 0.617. The molecule has 5 nitrogen and oxygen atoms in total. The van der Waals surface area contributed by atoms with E-state index in [-0.39, 0.29) is 6.04 Å². The Labute approximate surface area is 113 Å². The van der Waals surface area contributed by atoms with E-state index in [1.165, 1.54) is 0 Å². The van der Waals surface area contributed by atoms with Crippen LogP contribution in [-0.2, 0) is 0 Å². The first-order valence-corrected chi connectivity index (χ1v) is 6.58. The van der Waals surface area contributed by atoms with Crippen molar-refractivity contribution in [1.82, 2.24) is 15.5 Å². The fourth-order valence-corrected chi connectivity index (χ4v) is 1.75. The second kappa shape index (κ2) is 6.33. The minimum Gasteiger partial charge on any atom is -0.406 e. The first-order chi connectivity index (χ1) is 9.22. The third-order valence-corrected chi connectivity index (χ3v) is 2.93. The van der Waals surface area contributed by atoms with Gasteiger partial charge in [-0.3, -0.25) is 4.90 Å². The van der Waals surface area contributed by atoms with Crippen molar-refractivity contribution in [2.45, 2.75) is 26.3 Å². The van der Waals surface area contributed by atoms with Gasteiger partial charge in [0.2, 0.25) is 5.89 Å². The molecule has 0 aliphatic rings. The Kier molecular flexibility index (Phi) is 4.52. The fourth-order valence-electron chi connectivity index (χ4n) is 1.75. The van der Waals surface area contributed by atoms with Crippen LogP contribution in [0.3, 0.4) is 0 Å². The first-order valence-electron chi connectivity index (χ1n) is 6.58. The molecule has 2 aromatic rings. The number of nitrogens with one attached hydrogen (secondary N) is 1. The van der Waals surface area contributed by atoms with Crippen LogP contribution >= 0.6 is 0 Å². The number of nitrogens with zero attached hydrogens (tertiary/aromatic N) is 3. The largest absolute Gasteiger partial charge is 0.406 e. The lowest BCUT2D eigenvalue weighted by Crippen LogP contribution is -2.19. The van der Waals surface area contributed by atoms with Gasteiger partial charge < -0.3 is 9.73 Å². The molecule has 2 rings (SSSR count). The highest BCUT2D eigenvalue weighted by molar-refractivity contribution is 5.54. The van der Waals surface area contributed by atoms with Crippen LogP contribution in [0, 0.1) is 0 Å². The summed E-state index contributed by atoms with van der Waals surface area (Å²) >= 11 is 0. The second-order valence-electron chi connectivity index (χ2n) is 4.49. The molecule has 0 saturated carbocycles. The molecule has 0 saturated heterocycles. The molecule has 19 heavy (non-hydrogen) atoms. The minimum absolute atomic E-state index is 0.0744. The Morgan fingerprint density at radius 3 is 2.68 bits per heavy atom. The molecule has 1 unspecified atom stereocenters. The van der Waals surface area contributed by atoms with Gasteiger partial charge in [0.25, 0.3) is 0 Å². The van der Waals surface area contributed by atoms with E-state index in [0.717, 1.165) is 18.7 Å². The van der Waals surface area contributed by atoms with Crippen LogP contribution in [0.4, 0.5) is 11.7 Å². The predicted octanol–water partition coefficient (Wildman–Crippen LogP) is 2.90. The van der Waals surface area contributed by atoms with Crippen LogP contribution in [0.15, 0.2) is 34.7 Å². The molecular weight excluding hydrogens is 240 g/mol. The number of para-hydroxylation sites is 1. The highest BCUT2D eigenvalue weighted by atomic mass is 16.4. The van der Waals surface area contributed by atoms with E-state index >= 15 is 0 Å². The van der Waals surface area contributed by atoms with Crippen molar-refractivity contribution in [1.29, 1.82) is 0 Å². The van der Waals surface area contributed by atoms with Crippen molar-refractivity contribution >= 4 is 11.7 Å². The Morgan fingerprint density at radius 2 is 2.00 bits per heavy atom. The van der Waals surface area contributed by atoms with Crippen LogP contribution < -0.4 is 10.2 Å². The number of hydrogen-bond donors (Lipinski definition) is 1. The van der Waals surface area contributed by atoms with Gasteiger partial charge in [0.15, 0.2) is 0 Å². The van der Waals surface area contributed by atoms with Crippen molar-refractivity contribution in [3.05, 3.63) is 36.2 Å². The molecule has 0 aliphatic carbocycles. The Hall–Kier alpha value is -1.88. The average Bonchev–Trinajstić information content (AvgIpc) is 2.94. The molecular formula is C14H20N4O. The molecule has 1 heterocycles. The zero-order valence-corrected chi connectivity index (χ0v) is 11.6. The number of rotatable bonds is 6. The molecule has 0 bridgehead atoms. The summed E-state index contributed by atoms with van der Waals surface area (Å²) in [5.41, 5.74) is 1.02. The van der Waals surface area contributed by atoms with Gasteiger partial charge in [-0.2, -0.15) is 0 Å². The van der Waals surface area contributed by atoms with E-state index in [9.17, 15) is 0 Å². The maximum Gasteiger partial charge on any atom is 0.322 e. The number of benzene rings is 1. The van der Waals surface area contributed by atoms with Crippen molar-refractivity contribution < 1.29 is 4.42 Å². The summed E-state index contributed by atoms with van der Waals surface area (Å²) in [6, 6.07) is 10.5. The molecule has 5 heteroatoms. The fraction of sp³-hybridized carbons (Fsp3) is 0.429. The van der Waals surface area contributed by atoms with Gasteiger partial charge in [-0.25, -0.2) is 0 Å². The summed E-state index contributed by atoms with van der Waals surface area (Å²) in [5, 5.41) is 11.5. The molecule has 102 valence electrons. The third-order valence-electron chi connectivity index (χ3n) is 2.93. The molecule has 1 aromatic heterocycles. The Morgan fingerprint density at radius 1 is 1.26 bits per heavy atom. The van der Waals surface area contributed by atoms with Crippen LogP contribution in [0.2, 0.25) is 0 Å². The number of anilines is 2. The average molecular weight is 260 g/mol. The van der Waals surface area contributed by atoms with Crippen molar-refractivity contribution in [2.24, 2.45) is 0 Å². The maximum absolute atomic E-state index is 5.70. The lowest BCUT2D eigenvalue weighted by atomic mass is 10.3. The van der Waals surface area contributed by atoms with E-state index in [1.54, 1.807) is 0 Å². The summed E-state index contributed by atoms with van der Waals surface area (Å²) in [6.07, 6.45) is 1.08. The molecule has 1 N–H and O–H groups in total. The summed E-state index contributed by atoms with van der Waals surface area (Å²) in [4.78, 5) is 1.88. The zero-order valence-electron chi connectivity index (χ0n) is 11.6. The van der Waals surface area contributed by atoms with Crippen LogP contribution in [0.5, 0.6) is 0 Å². The van der Waals surface area contributed by atoms with Crippen LogP contribution in [0.1, 0.15) is 32.2 Å². The van der Waals surface area contributed by atoms with Gasteiger partial charge in [-0.15, -0.1) is 5.10 Å². The van der Waals surface area contributed by atoms with Crippen LogP contribution in [0.25, 0.3) is 0 Å². The highest BCUT2D eigenvalue weighted by Crippen LogP contribution is 2.23. The quantitative estimate of drug-likeness (QED) is 0.865. The van der Waals surface area contributed by atoms with Crippen molar-refractivity contribution in [3.63, 3.8) is 0 Å². The first kappa shape index (κ1) is 13.5. The molecule has 0 fully saturated rings. The van der Waals surface area contributed by atoms with E-state index in [2.05, 4.69) is 22.4 Å². The monoisotopic (exact) mass is 260 g/mol. The maximum atomic E-state index is 5.70. The van der Waals surface area contributed by atoms with Crippen molar-refractivity contribution in [3.8, 4) is 0 Å². The van der Waals surface area contributed by atoms with Gasteiger partial charge in [-0.05, 0) is 32.0 Å². The summed E-state index contributed by atoms with van der Waals surface area (Å²) in [6.45, 7) is 5.09. The molecule has 0 spiro atoms. The van der Waals surface area contributed by atoms with Crippen molar-refractivity contribution in [2.75, 3.05) is 18.5 Å². The number of hydrogen-bond acceptors (Lipinski definition) is 5. The van der Waals surface area contributed by atoms with Gasteiger partial charge in [0, 0.05) is 12.7 Å². The summed E-state index contributed by atoms with van der Waals surface area (Å²) in [7, 11) is 1.91. The van der Waals surface area contributed by atoms with E-state index < -0.39 is 0 Å². The van der Waals surface area contributed by atoms with Gasteiger partial charge in [-0.1, -0.05) is 30.2 Å². The van der Waals surface area contributed by atoms with E-state index in [1.807, 2.05) is 49.2 Å². The zero-order chi connectivity index (χ0) is 13.7. The topological polar surface area (TPSA) is 54.2 Å².